The Hall–Kier alpha value is -3.31. The van der Waals surface area contributed by atoms with Crippen LogP contribution in [0.1, 0.15) is 16.1 Å². The third-order valence-electron chi connectivity index (χ3n) is 4.81. The molecule has 0 saturated carbocycles. The number of hydrogen-bond acceptors (Lipinski definition) is 8. The van der Waals surface area contributed by atoms with Crippen LogP contribution in [0.15, 0.2) is 77.0 Å². The second kappa shape index (κ2) is 11.2. The molecule has 0 fully saturated rings. The summed E-state index contributed by atoms with van der Waals surface area (Å²) in [4.78, 5) is 16.8. The highest BCUT2D eigenvalue weighted by molar-refractivity contribution is 7.92. The maximum Gasteiger partial charge on any atom is 0.340 e. The zero-order chi connectivity index (χ0) is 25.7. The smallest absolute Gasteiger partial charge is 0.340 e. The van der Waals surface area contributed by atoms with Gasteiger partial charge in [0.1, 0.15) is 17.3 Å². The normalized spacial score (nSPS) is 11.1. The van der Waals surface area contributed by atoms with E-state index < -0.39 is 16.0 Å². The van der Waals surface area contributed by atoms with Crippen LogP contribution in [0, 0.1) is 0 Å². The van der Waals surface area contributed by atoms with E-state index in [0.717, 1.165) is 11.8 Å². The molecule has 0 atom stereocenters. The first-order chi connectivity index (χ1) is 17.3. The fourth-order valence-electron chi connectivity index (χ4n) is 3.11. The van der Waals surface area contributed by atoms with E-state index >= 15 is 0 Å². The van der Waals surface area contributed by atoms with E-state index in [0.29, 0.717) is 16.6 Å². The van der Waals surface area contributed by atoms with Crippen LogP contribution in [-0.4, -0.2) is 26.5 Å². The number of carbonyl (C=O) groups is 1. The third-order valence-corrected chi connectivity index (χ3v) is 7.76. The Morgan fingerprint density at radius 1 is 1.03 bits per heavy atom. The van der Waals surface area contributed by atoms with Gasteiger partial charge in [0.05, 0.1) is 34.1 Å². The van der Waals surface area contributed by atoms with Gasteiger partial charge in [0.25, 0.3) is 10.0 Å². The molecule has 3 aromatic carbocycles. The van der Waals surface area contributed by atoms with Gasteiger partial charge in [0.2, 0.25) is 0 Å². The SMILES string of the molecule is COc1ccccc1NS(=O)(=O)c1cc(C(=O)OCc2csc(Nc3ccccc3)n2)c(Cl)cc1Cl. The van der Waals surface area contributed by atoms with Crippen molar-refractivity contribution < 1.29 is 22.7 Å². The Labute approximate surface area is 221 Å². The number of sulfonamides is 1. The van der Waals surface area contributed by atoms with Crippen molar-refractivity contribution >= 4 is 67.0 Å². The van der Waals surface area contributed by atoms with E-state index in [-0.39, 0.29) is 32.8 Å². The van der Waals surface area contributed by atoms with Gasteiger partial charge < -0.3 is 14.8 Å². The number of benzene rings is 3. The van der Waals surface area contributed by atoms with Gasteiger partial charge in [0.15, 0.2) is 5.13 Å². The molecule has 8 nitrogen and oxygen atoms in total. The van der Waals surface area contributed by atoms with Crippen molar-refractivity contribution in [2.75, 3.05) is 17.1 Å². The second-order valence-electron chi connectivity index (χ2n) is 7.28. The summed E-state index contributed by atoms with van der Waals surface area (Å²) in [5.74, 6) is -0.508. The van der Waals surface area contributed by atoms with Gasteiger partial charge in [-0.05, 0) is 36.4 Å². The van der Waals surface area contributed by atoms with Crippen LogP contribution in [0.2, 0.25) is 10.0 Å². The minimum Gasteiger partial charge on any atom is -0.495 e. The summed E-state index contributed by atoms with van der Waals surface area (Å²) in [5, 5.41) is 5.33. The zero-order valence-electron chi connectivity index (χ0n) is 18.7. The number of thiazole rings is 1. The zero-order valence-corrected chi connectivity index (χ0v) is 21.8. The van der Waals surface area contributed by atoms with Gasteiger partial charge in [0, 0.05) is 11.1 Å². The van der Waals surface area contributed by atoms with Crippen molar-refractivity contribution in [1.29, 1.82) is 0 Å². The highest BCUT2D eigenvalue weighted by atomic mass is 35.5. The molecule has 0 amide bonds. The van der Waals surface area contributed by atoms with Crippen molar-refractivity contribution in [3.8, 4) is 5.75 Å². The van der Waals surface area contributed by atoms with Gasteiger partial charge in [-0.15, -0.1) is 11.3 Å². The molecule has 1 aromatic heterocycles. The van der Waals surface area contributed by atoms with Crippen LogP contribution in [0.3, 0.4) is 0 Å². The van der Waals surface area contributed by atoms with Crippen LogP contribution >= 0.6 is 34.5 Å². The Morgan fingerprint density at radius 2 is 1.75 bits per heavy atom. The maximum atomic E-state index is 13.0. The monoisotopic (exact) mass is 563 g/mol. The third kappa shape index (κ3) is 6.08. The summed E-state index contributed by atoms with van der Waals surface area (Å²) in [6.07, 6.45) is 0. The fourth-order valence-corrected chi connectivity index (χ4v) is 5.75. The number of halogens is 2. The lowest BCUT2D eigenvalue weighted by molar-refractivity contribution is 0.0468. The molecule has 186 valence electrons. The van der Waals surface area contributed by atoms with Crippen molar-refractivity contribution in [1.82, 2.24) is 4.98 Å². The minimum atomic E-state index is -4.19. The van der Waals surface area contributed by atoms with E-state index in [1.807, 2.05) is 30.3 Å². The summed E-state index contributed by atoms with van der Waals surface area (Å²) in [5.41, 5.74) is 1.44. The number of para-hydroxylation sites is 3. The summed E-state index contributed by atoms with van der Waals surface area (Å²) >= 11 is 13.7. The highest BCUT2D eigenvalue weighted by Gasteiger charge is 2.24. The quantitative estimate of drug-likeness (QED) is 0.228. The topological polar surface area (TPSA) is 107 Å². The molecule has 0 aliphatic carbocycles. The molecule has 12 heteroatoms. The number of nitrogens with zero attached hydrogens (tertiary/aromatic N) is 1. The molecule has 0 bridgehead atoms. The number of nitrogens with one attached hydrogen (secondary N) is 2. The molecule has 0 saturated heterocycles. The van der Waals surface area contributed by atoms with Crippen LogP contribution in [0.25, 0.3) is 0 Å². The van der Waals surface area contributed by atoms with Crippen molar-refractivity contribution in [2.45, 2.75) is 11.5 Å². The van der Waals surface area contributed by atoms with Gasteiger partial charge in [-0.25, -0.2) is 18.2 Å². The predicted molar refractivity (Wildman–Crippen MR) is 141 cm³/mol. The second-order valence-corrected chi connectivity index (χ2v) is 10.6. The number of aromatic nitrogens is 1. The number of anilines is 3. The molecule has 1 heterocycles. The predicted octanol–water partition coefficient (Wildman–Crippen LogP) is 6.36. The summed E-state index contributed by atoms with van der Waals surface area (Å²) in [6.45, 7) is -0.133. The number of hydrogen-bond donors (Lipinski definition) is 2. The minimum absolute atomic E-state index is 0.0500. The Bertz CT molecular complexity index is 1490. The number of carbonyl (C=O) groups excluding carboxylic acids is 1. The molecule has 0 spiro atoms. The average molecular weight is 564 g/mol. The molecule has 36 heavy (non-hydrogen) atoms. The largest absolute Gasteiger partial charge is 0.495 e. The van der Waals surface area contributed by atoms with Crippen molar-refractivity contribution in [3.05, 3.63) is 93.4 Å². The van der Waals surface area contributed by atoms with E-state index in [1.165, 1.54) is 30.6 Å². The maximum absolute atomic E-state index is 13.0. The molecule has 0 aliphatic heterocycles. The van der Waals surface area contributed by atoms with Gasteiger partial charge in [-0.3, -0.25) is 4.72 Å². The van der Waals surface area contributed by atoms with Crippen LogP contribution in [0.5, 0.6) is 5.75 Å². The summed E-state index contributed by atoms with van der Waals surface area (Å²) in [7, 11) is -2.77. The molecule has 0 radical (unpaired) electrons. The van der Waals surface area contributed by atoms with Gasteiger partial charge in [-0.1, -0.05) is 53.5 Å². The van der Waals surface area contributed by atoms with Crippen molar-refractivity contribution in [3.63, 3.8) is 0 Å². The first kappa shape index (κ1) is 25.8. The van der Waals surface area contributed by atoms with Crippen LogP contribution < -0.4 is 14.8 Å². The highest BCUT2D eigenvalue weighted by Crippen LogP contribution is 2.32. The first-order valence-electron chi connectivity index (χ1n) is 10.4. The molecule has 0 aliphatic rings. The van der Waals surface area contributed by atoms with Crippen LogP contribution in [-0.2, 0) is 21.4 Å². The van der Waals surface area contributed by atoms with E-state index in [1.54, 1.807) is 23.6 Å². The summed E-state index contributed by atoms with van der Waals surface area (Å²) < 4.78 is 39.0. The van der Waals surface area contributed by atoms with E-state index in [2.05, 4.69) is 15.0 Å². The molecular weight excluding hydrogens is 545 g/mol. The van der Waals surface area contributed by atoms with Crippen LogP contribution in [0.4, 0.5) is 16.5 Å². The Morgan fingerprint density at radius 3 is 2.50 bits per heavy atom. The fraction of sp³-hybridized carbons (Fsp3) is 0.0833. The lowest BCUT2D eigenvalue weighted by atomic mass is 10.2. The average Bonchev–Trinajstić information content (AvgIpc) is 3.30. The van der Waals surface area contributed by atoms with Gasteiger partial charge in [-0.2, -0.15) is 0 Å². The van der Waals surface area contributed by atoms with Gasteiger partial charge >= 0.3 is 5.97 Å². The van der Waals surface area contributed by atoms with Crippen molar-refractivity contribution in [2.24, 2.45) is 0 Å². The number of ether oxygens (including phenoxy) is 2. The number of rotatable bonds is 9. The Balaban J connectivity index is 1.49. The molecule has 4 rings (SSSR count). The number of esters is 1. The Kier molecular flexibility index (Phi) is 8.00. The number of methoxy groups -OCH3 is 1. The van der Waals surface area contributed by atoms with E-state index in [9.17, 15) is 13.2 Å². The standard InChI is InChI=1S/C24H19Cl2N3O5S2/c1-33-21-10-6-5-9-20(21)29-36(31,32)22-11-17(18(25)12-19(22)26)23(30)34-13-16-14-35-24(28-16)27-15-7-3-2-4-8-15/h2-12,14,29H,13H2,1H3,(H,27,28). The lowest BCUT2D eigenvalue weighted by Gasteiger charge is -2.14. The molecule has 0 unspecified atom stereocenters. The van der Waals surface area contributed by atoms with E-state index in [4.69, 9.17) is 32.7 Å². The molecule has 4 aromatic rings. The summed E-state index contributed by atoms with van der Waals surface area (Å²) in [6, 6.07) is 18.2. The first-order valence-corrected chi connectivity index (χ1v) is 13.5. The lowest BCUT2D eigenvalue weighted by Crippen LogP contribution is -2.16. The molecular formula is C24H19Cl2N3O5S2. The molecule has 2 N–H and O–H groups in total.